The van der Waals surface area contributed by atoms with Gasteiger partial charge < -0.3 is 15.8 Å². The number of nitrogens with two attached hydrogens (primary N) is 1. The minimum Gasteiger partial charge on any atom is -0.376 e. The third-order valence-electron chi connectivity index (χ3n) is 3.04. The first-order valence-electron chi connectivity index (χ1n) is 6.20. The first kappa shape index (κ1) is 12.1. The van der Waals surface area contributed by atoms with E-state index in [0.29, 0.717) is 18.7 Å². The van der Waals surface area contributed by atoms with E-state index < -0.39 is 0 Å². The van der Waals surface area contributed by atoms with Crippen LogP contribution in [0.2, 0.25) is 0 Å². The van der Waals surface area contributed by atoms with Crippen LogP contribution in [-0.2, 0) is 4.74 Å². The maximum absolute atomic E-state index is 5.76. The highest BCUT2D eigenvalue weighted by molar-refractivity contribution is 5.44. The number of hydrogen-bond donors (Lipinski definition) is 2. The van der Waals surface area contributed by atoms with E-state index in [4.69, 9.17) is 10.5 Å². The molecular formula is C12H20N4O. The summed E-state index contributed by atoms with van der Waals surface area (Å²) in [6.07, 6.45) is 7.22. The van der Waals surface area contributed by atoms with Gasteiger partial charge in [-0.2, -0.15) is 4.98 Å². The Labute approximate surface area is 102 Å². The van der Waals surface area contributed by atoms with E-state index in [1.54, 1.807) is 6.20 Å². The molecule has 0 saturated heterocycles. The Balaban J connectivity index is 1.72. The van der Waals surface area contributed by atoms with E-state index in [9.17, 15) is 0 Å². The molecule has 1 aliphatic carbocycles. The van der Waals surface area contributed by atoms with E-state index in [1.165, 1.54) is 25.7 Å². The zero-order chi connectivity index (χ0) is 12.1. The topological polar surface area (TPSA) is 73.1 Å². The van der Waals surface area contributed by atoms with Gasteiger partial charge in [0.15, 0.2) is 0 Å². The van der Waals surface area contributed by atoms with Gasteiger partial charge in [-0.15, -0.1) is 0 Å². The van der Waals surface area contributed by atoms with Crippen LogP contribution >= 0.6 is 0 Å². The summed E-state index contributed by atoms with van der Waals surface area (Å²) >= 11 is 0. The van der Waals surface area contributed by atoms with Gasteiger partial charge in [-0.3, -0.25) is 0 Å². The number of nitrogens with zero attached hydrogens (tertiary/aromatic N) is 2. The van der Waals surface area contributed by atoms with Crippen molar-refractivity contribution in [2.45, 2.75) is 38.7 Å². The van der Waals surface area contributed by atoms with Gasteiger partial charge in [0, 0.05) is 18.3 Å². The molecule has 17 heavy (non-hydrogen) atoms. The Bertz CT molecular complexity index is 364. The van der Waals surface area contributed by atoms with Crippen LogP contribution in [0.15, 0.2) is 6.20 Å². The molecule has 0 unspecified atom stereocenters. The largest absolute Gasteiger partial charge is 0.376 e. The van der Waals surface area contributed by atoms with Gasteiger partial charge in [-0.05, 0) is 19.8 Å². The highest BCUT2D eigenvalue weighted by atomic mass is 16.5. The molecule has 0 aliphatic heterocycles. The fraction of sp³-hybridized carbons (Fsp3) is 0.667. The first-order valence-corrected chi connectivity index (χ1v) is 6.20. The van der Waals surface area contributed by atoms with Gasteiger partial charge in [0.25, 0.3) is 0 Å². The fourth-order valence-electron chi connectivity index (χ4n) is 2.08. The Morgan fingerprint density at radius 1 is 1.47 bits per heavy atom. The van der Waals surface area contributed by atoms with Crippen molar-refractivity contribution in [2.24, 2.45) is 0 Å². The highest BCUT2D eigenvalue weighted by Crippen LogP contribution is 2.20. The maximum atomic E-state index is 5.76. The smallest absolute Gasteiger partial charge is 0.221 e. The van der Waals surface area contributed by atoms with Gasteiger partial charge in [0.1, 0.15) is 5.82 Å². The van der Waals surface area contributed by atoms with Crippen LogP contribution in [-0.4, -0.2) is 29.2 Å². The molecule has 0 spiro atoms. The number of aromatic nitrogens is 2. The van der Waals surface area contributed by atoms with Gasteiger partial charge in [0.05, 0.1) is 12.7 Å². The number of aryl methyl sites for hydroxylation is 1. The van der Waals surface area contributed by atoms with Crippen molar-refractivity contribution in [3.05, 3.63) is 11.8 Å². The van der Waals surface area contributed by atoms with Crippen molar-refractivity contribution in [3.63, 3.8) is 0 Å². The lowest BCUT2D eigenvalue weighted by atomic mass is 10.3. The summed E-state index contributed by atoms with van der Waals surface area (Å²) in [6.45, 7) is 3.43. The Hall–Kier alpha value is -1.36. The summed E-state index contributed by atoms with van der Waals surface area (Å²) in [5.74, 6) is 1.10. The molecule has 5 nitrogen and oxygen atoms in total. The standard InChI is InChI=1S/C12H20N4O/c1-9-8-15-12(13)16-11(9)14-6-7-17-10-4-2-3-5-10/h8,10H,2-7H2,1H3,(H3,13,14,15,16). The van der Waals surface area contributed by atoms with Gasteiger partial charge in [0.2, 0.25) is 5.95 Å². The number of nitrogen functional groups attached to an aromatic ring is 1. The average Bonchev–Trinajstić information content (AvgIpc) is 2.82. The van der Waals surface area contributed by atoms with Gasteiger partial charge in [-0.25, -0.2) is 4.98 Å². The van der Waals surface area contributed by atoms with Crippen molar-refractivity contribution in [1.82, 2.24) is 9.97 Å². The second kappa shape index (κ2) is 5.82. The van der Waals surface area contributed by atoms with Crippen LogP contribution in [0.3, 0.4) is 0 Å². The molecule has 1 heterocycles. The number of hydrogen-bond acceptors (Lipinski definition) is 5. The third kappa shape index (κ3) is 3.56. The molecule has 0 bridgehead atoms. The van der Waals surface area contributed by atoms with Crippen LogP contribution in [0.1, 0.15) is 31.2 Å². The molecule has 5 heteroatoms. The molecule has 1 saturated carbocycles. The molecule has 0 amide bonds. The van der Waals surface area contributed by atoms with Crippen molar-refractivity contribution in [2.75, 3.05) is 24.2 Å². The minimum absolute atomic E-state index is 0.301. The molecule has 3 N–H and O–H groups in total. The van der Waals surface area contributed by atoms with Crippen molar-refractivity contribution < 1.29 is 4.74 Å². The second-order valence-electron chi connectivity index (χ2n) is 4.46. The normalized spacial score (nSPS) is 16.3. The van der Waals surface area contributed by atoms with E-state index in [0.717, 1.165) is 17.9 Å². The Morgan fingerprint density at radius 3 is 3.00 bits per heavy atom. The van der Waals surface area contributed by atoms with E-state index >= 15 is 0 Å². The summed E-state index contributed by atoms with van der Waals surface area (Å²) < 4.78 is 5.76. The van der Waals surface area contributed by atoms with Crippen LogP contribution < -0.4 is 11.1 Å². The van der Waals surface area contributed by atoms with Crippen LogP contribution in [0, 0.1) is 6.92 Å². The summed E-state index contributed by atoms with van der Waals surface area (Å²) in [5.41, 5.74) is 6.54. The summed E-state index contributed by atoms with van der Waals surface area (Å²) in [4.78, 5) is 8.07. The zero-order valence-corrected chi connectivity index (χ0v) is 10.3. The number of ether oxygens (including phenoxy) is 1. The SMILES string of the molecule is Cc1cnc(N)nc1NCCOC1CCCC1. The van der Waals surface area contributed by atoms with Crippen LogP contribution in [0.4, 0.5) is 11.8 Å². The average molecular weight is 236 g/mol. The lowest BCUT2D eigenvalue weighted by Crippen LogP contribution is -2.16. The molecule has 0 aromatic carbocycles. The third-order valence-corrected chi connectivity index (χ3v) is 3.04. The molecular weight excluding hydrogens is 216 g/mol. The molecule has 1 aliphatic rings. The number of nitrogens with one attached hydrogen (secondary N) is 1. The molecule has 0 atom stereocenters. The van der Waals surface area contributed by atoms with E-state index in [2.05, 4.69) is 15.3 Å². The molecule has 2 rings (SSSR count). The van der Waals surface area contributed by atoms with Gasteiger partial charge >= 0.3 is 0 Å². The Morgan fingerprint density at radius 2 is 2.24 bits per heavy atom. The van der Waals surface area contributed by atoms with E-state index in [1.807, 2.05) is 6.92 Å². The van der Waals surface area contributed by atoms with Crippen molar-refractivity contribution >= 4 is 11.8 Å². The van der Waals surface area contributed by atoms with Crippen LogP contribution in [0.25, 0.3) is 0 Å². The monoisotopic (exact) mass is 236 g/mol. The molecule has 1 fully saturated rings. The summed E-state index contributed by atoms with van der Waals surface area (Å²) in [5, 5.41) is 3.22. The van der Waals surface area contributed by atoms with Crippen molar-refractivity contribution in [3.8, 4) is 0 Å². The zero-order valence-electron chi connectivity index (χ0n) is 10.3. The molecule has 1 aromatic heterocycles. The highest BCUT2D eigenvalue weighted by Gasteiger charge is 2.14. The summed E-state index contributed by atoms with van der Waals surface area (Å²) in [7, 11) is 0. The maximum Gasteiger partial charge on any atom is 0.221 e. The molecule has 0 radical (unpaired) electrons. The lowest BCUT2D eigenvalue weighted by Gasteiger charge is -2.12. The van der Waals surface area contributed by atoms with Crippen LogP contribution in [0.5, 0.6) is 0 Å². The molecule has 94 valence electrons. The Kier molecular flexibility index (Phi) is 4.14. The van der Waals surface area contributed by atoms with Gasteiger partial charge in [-0.1, -0.05) is 12.8 Å². The minimum atomic E-state index is 0.301. The van der Waals surface area contributed by atoms with Crippen molar-refractivity contribution in [1.29, 1.82) is 0 Å². The fourth-order valence-corrected chi connectivity index (χ4v) is 2.08. The second-order valence-corrected chi connectivity index (χ2v) is 4.46. The van der Waals surface area contributed by atoms with E-state index in [-0.39, 0.29) is 0 Å². The number of rotatable bonds is 5. The number of anilines is 2. The predicted molar refractivity (Wildman–Crippen MR) is 67.9 cm³/mol. The quantitative estimate of drug-likeness (QED) is 0.762. The lowest BCUT2D eigenvalue weighted by molar-refractivity contribution is 0.0658. The summed E-state index contributed by atoms with van der Waals surface area (Å²) in [6, 6.07) is 0. The predicted octanol–water partition coefficient (Wildman–Crippen LogP) is 1.74. The molecule has 1 aromatic rings. The first-order chi connectivity index (χ1) is 8.25.